The van der Waals surface area contributed by atoms with Crippen LogP contribution in [-0.4, -0.2) is 22.8 Å². The molecule has 36 heavy (non-hydrogen) atoms. The zero-order chi connectivity index (χ0) is 25.6. The van der Waals surface area contributed by atoms with Crippen molar-refractivity contribution in [3.05, 3.63) is 89.1 Å². The standard InChI is InChI=1S/C26H20F5N3O2/c1-13(24-20(27)8-16(11-33-24)26(29,30)31)36-21-5-3-14(7-22(21)35-2)19-12-34-25(18-9-17(18)19)15-4-6-23(28)32-10-15/h3-8,10-13,17-18H,9H2,1-2H3/t13?,17-,18?/m0/s1. The summed E-state index contributed by atoms with van der Waals surface area (Å²) < 4.78 is 77.2. The maximum Gasteiger partial charge on any atom is 0.417 e. The zero-order valence-corrected chi connectivity index (χ0v) is 19.2. The largest absolute Gasteiger partial charge is 0.493 e. The molecule has 1 aliphatic carbocycles. The van der Waals surface area contributed by atoms with E-state index in [0.717, 1.165) is 28.8 Å². The summed E-state index contributed by atoms with van der Waals surface area (Å²) in [5, 5.41) is 0. The molecule has 5 rings (SSSR count). The Hall–Kier alpha value is -3.82. The average molecular weight is 501 g/mol. The highest BCUT2D eigenvalue weighted by Crippen LogP contribution is 2.53. The lowest BCUT2D eigenvalue weighted by atomic mass is 9.96. The van der Waals surface area contributed by atoms with Crippen LogP contribution in [0.5, 0.6) is 11.5 Å². The molecule has 0 spiro atoms. The van der Waals surface area contributed by atoms with Crippen LogP contribution in [-0.2, 0) is 6.18 Å². The molecule has 1 aliphatic heterocycles. The first-order valence-corrected chi connectivity index (χ1v) is 11.1. The van der Waals surface area contributed by atoms with E-state index < -0.39 is 29.6 Å². The highest BCUT2D eigenvalue weighted by Gasteiger charge is 2.46. The van der Waals surface area contributed by atoms with Gasteiger partial charge >= 0.3 is 6.18 Å². The van der Waals surface area contributed by atoms with Crippen LogP contribution >= 0.6 is 0 Å². The van der Waals surface area contributed by atoms with Gasteiger partial charge in [0.15, 0.2) is 11.5 Å². The number of pyridine rings is 2. The molecular formula is C26H20F5N3O2. The summed E-state index contributed by atoms with van der Waals surface area (Å²) in [5.74, 6) is -0.511. The summed E-state index contributed by atoms with van der Waals surface area (Å²) in [4.78, 5) is 11.9. The molecule has 2 aromatic heterocycles. The Bertz CT molecular complexity index is 1370. The highest BCUT2D eigenvalue weighted by molar-refractivity contribution is 6.07. The van der Waals surface area contributed by atoms with Gasteiger partial charge in [-0.05, 0) is 60.7 Å². The van der Waals surface area contributed by atoms with Crippen molar-refractivity contribution in [1.82, 2.24) is 9.97 Å². The van der Waals surface area contributed by atoms with Gasteiger partial charge < -0.3 is 9.47 Å². The molecule has 5 nitrogen and oxygen atoms in total. The summed E-state index contributed by atoms with van der Waals surface area (Å²) >= 11 is 0. The number of rotatable bonds is 6. The number of fused-ring (bicyclic) bond motifs is 1. The Morgan fingerprint density at radius 1 is 0.944 bits per heavy atom. The zero-order valence-electron chi connectivity index (χ0n) is 19.2. The van der Waals surface area contributed by atoms with E-state index in [1.807, 2.05) is 6.07 Å². The molecule has 0 saturated heterocycles. The maximum absolute atomic E-state index is 14.3. The van der Waals surface area contributed by atoms with Crippen LogP contribution in [0.15, 0.2) is 60.0 Å². The van der Waals surface area contributed by atoms with Crippen molar-refractivity contribution >= 4 is 11.3 Å². The fraction of sp³-hybridized carbons (Fsp3) is 0.269. The van der Waals surface area contributed by atoms with E-state index in [2.05, 4.69) is 15.0 Å². The Kier molecular flexibility index (Phi) is 5.97. The highest BCUT2D eigenvalue weighted by atomic mass is 19.4. The first-order valence-electron chi connectivity index (χ1n) is 11.1. The van der Waals surface area contributed by atoms with Crippen LogP contribution in [0, 0.1) is 23.6 Å². The number of allylic oxidation sites excluding steroid dienone is 1. The smallest absolute Gasteiger partial charge is 0.417 e. The second kappa shape index (κ2) is 9.00. The molecule has 0 amide bonds. The van der Waals surface area contributed by atoms with Gasteiger partial charge in [-0.3, -0.25) is 9.98 Å². The predicted molar refractivity (Wildman–Crippen MR) is 122 cm³/mol. The maximum atomic E-state index is 14.3. The van der Waals surface area contributed by atoms with E-state index >= 15 is 0 Å². The molecule has 1 fully saturated rings. The van der Waals surface area contributed by atoms with E-state index in [0.29, 0.717) is 23.8 Å². The van der Waals surface area contributed by atoms with Crippen LogP contribution in [0.25, 0.3) is 5.57 Å². The van der Waals surface area contributed by atoms with Crippen molar-refractivity contribution < 1.29 is 31.4 Å². The number of methoxy groups -OCH3 is 1. The third-order valence-electron chi connectivity index (χ3n) is 6.29. The molecule has 1 saturated carbocycles. The Labute approximate surface area is 203 Å². The molecule has 0 N–H and O–H groups in total. The van der Waals surface area contributed by atoms with Gasteiger partial charge in [-0.15, -0.1) is 0 Å². The second-order valence-corrected chi connectivity index (χ2v) is 8.63. The van der Waals surface area contributed by atoms with Gasteiger partial charge in [-0.1, -0.05) is 6.07 Å². The number of aliphatic imine (C=N–C) groups is 1. The number of hydrogen-bond acceptors (Lipinski definition) is 5. The fourth-order valence-electron chi connectivity index (χ4n) is 4.37. The normalized spacial score (nSPS) is 19.6. The van der Waals surface area contributed by atoms with Crippen molar-refractivity contribution in [2.75, 3.05) is 7.11 Å². The topological polar surface area (TPSA) is 56.6 Å². The third kappa shape index (κ3) is 4.55. The Balaban J connectivity index is 1.37. The number of aromatic nitrogens is 2. The lowest BCUT2D eigenvalue weighted by Gasteiger charge is -2.19. The van der Waals surface area contributed by atoms with Gasteiger partial charge in [0, 0.05) is 30.1 Å². The van der Waals surface area contributed by atoms with Crippen LogP contribution in [0.1, 0.15) is 41.8 Å². The molecule has 3 heterocycles. The van der Waals surface area contributed by atoms with E-state index in [9.17, 15) is 22.0 Å². The number of halogens is 5. The predicted octanol–water partition coefficient (Wildman–Crippen LogP) is 6.40. The number of benzene rings is 1. The molecule has 1 aromatic carbocycles. The quantitative estimate of drug-likeness (QED) is 0.290. The monoisotopic (exact) mass is 501 g/mol. The number of alkyl halides is 3. The molecule has 186 valence electrons. The first kappa shape index (κ1) is 23.9. The van der Waals surface area contributed by atoms with Crippen molar-refractivity contribution in [2.24, 2.45) is 16.8 Å². The van der Waals surface area contributed by atoms with Gasteiger partial charge in [0.2, 0.25) is 5.95 Å². The van der Waals surface area contributed by atoms with Gasteiger partial charge in [0.05, 0.1) is 18.4 Å². The van der Waals surface area contributed by atoms with E-state index in [1.165, 1.54) is 26.3 Å². The molecular weight excluding hydrogens is 481 g/mol. The van der Waals surface area contributed by atoms with E-state index in [-0.39, 0.29) is 17.5 Å². The van der Waals surface area contributed by atoms with Gasteiger partial charge in [0.25, 0.3) is 0 Å². The van der Waals surface area contributed by atoms with E-state index in [4.69, 9.17) is 9.47 Å². The third-order valence-corrected chi connectivity index (χ3v) is 6.29. The summed E-state index contributed by atoms with van der Waals surface area (Å²) in [6.45, 7) is 1.49. The number of ether oxygens (including phenoxy) is 2. The first-order chi connectivity index (χ1) is 17.2. The SMILES string of the molecule is COc1cc(C2=CN=C(c3ccc(F)nc3)C3C[C@H]23)ccc1OC(C)c1ncc(C(F)(F)F)cc1F. The van der Waals surface area contributed by atoms with Crippen LogP contribution in [0.3, 0.4) is 0 Å². The van der Waals surface area contributed by atoms with Crippen molar-refractivity contribution in [1.29, 1.82) is 0 Å². The molecule has 2 unspecified atom stereocenters. The molecule has 0 bridgehead atoms. The lowest BCUT2D eigenvalue weighted by molar-refractivity contribution is -0.138. The molecule has 10 heteroatoms. The average Bonchev–Trinajstić information content (AvgIpc) is 3.65. The second-order valence-electron chi connectivity index (χ2n) is 8.63. The minimum absolute atomic E-state index is 0.216. The van der Waals surface area contributed by atoms with Crippen LogP contribution in [0.2, 0.25) is 0 Å². The number of nitrogens with zero attached hydrogens (tertiary/aromatic N) is 3. The van der Waals surface area contributed by atoms with Crippen LogP contribution in [0.4, 0.5) is 22.0 Å². The molecule has 3 atom stereocenters. The number of hydrogen-bond donors (Lipinski definition) is 0. The van der Waals surface area contributed by atoms with Gasteiger partial charge in [-0.25, -0.2) is 9.37 Å². The van der Waals surface area contributed by atoms with Crippen molar-refractivity contribution in [3.8, 4) is 11.5 Å². The van der Waals surface area contributed by atoms with E-state index in [1.54, 1.807) is 24.4 Å². The molecule has 2 aliphatic rings. The van der Waals surface area contributed by atoms with Crippen molar-refractivity contribution in [2.45, 2.75) is 25.6 Å². The minimum Gasteiger partial charge on any atom is -0.493 e. The van der Waals surface area contributed by atoms with Gasteiger partial charge in [-0.2, -0.15) is 17.6 Å². The summed E-state index contributed by atoms with van der Waals surface area (Å²) in [6.07, 6.45) is -0.912. The van der Waals surface area contributed by atoms with Gasteiger partial charge in [0.1, 0.15) is 17.6 Å². The Morgan fingerprint density at radius 2 is 1.72 bits per heavy atom. The summed E-state index contributed by atoms with van der Waals surface area (Å²) in [6, 6.07) is 8.64. The molecule has 0 radical (unpaired) electrons. The molecule has 3 aromatic rings. The summed E-state index contributed by atoms with van der Waals surface area (Å²) in [5.41, 5.74) is 2.15. The van der Waals surface area contributed by atoms with Crippen LogP contribution < -0.4 is 9.47 Å². The lowest BCUT2D eigenvalue weighted by Crippen LogP contribution is -2.12. The Morgan fingerprint density at radius 3 is 2.39 bits per heavy atom. The minimum atomic E-state index is -4.69. The van der Waals surface area contributed by atoms with Crippen molar-refractivity contribution in [3.63, 3.8) is 0 Å². The fourth-order valence-corrected chi connectivity index (χ4v) is 4.37. The summed E-state index contributed by atoms with van der Waals surface area (Å²) in [7, 11) is 1.46.